The predicted octanol–water partition coefficient (Wildman–Crippen LogP) is 6.27. The lowest BCUT2D eigenvalue weighted by atomic mass is 10.1. The number of fused-ring (bicyclic) bond motifs is 2. The molecule has 0 aromatic heterocycles. The van der Waals surface area contributed by atoms with Crippen LogP contribution in [0.5, 0.6) is 23.0 Å². The van der Waals surface area contributed by atoms with Crippen molar-refractivity contribution in [2.45, 2.75) is 0 Å². The van der Waals surface area contributed by atoms with Crippen LogP contribution in [-0.2, 0) is 0 Å². The maximum atomic E-state index is 12.9. The molecule has 12 heteroatoms. The fraction of sp³-hybridized carbons (Fsp3) is 0. The van der Waals surface area contributed by atoms with Gasteiger partial charge in [-0.15, -0.1) is 0 Å². The smallest absolute Gasteiger partial charge is 0.335 e. The number of carboxylic acids is 2. The number of anilines is 2. The van der Waals surface area contributed by atoms with E-state index in [0.29, 0.717) is 34.4 Å². The first-order chi connectivity index (χ1) is 23.1. The van der Waals surface area contributed by atoms with Gasteiger partial charge in [-0.05, 0) is 109 Å². The van der Waals surface area contributed by atoms with Crippen molar-refractivity contribution in [3.8, 4) is 23.0 Å². The number of amides is 4. The molecular formula is C36H20N2O10. The molecule has 2 heterocycles. The van der Waals surface area contributed by atoms with Gasteiger partial charge in [0.05, 0.1) is 44.8 Å². The highest BCUT2D eigenvalue weighted by Crippen LogP contribution is 2.34. The van der Waals surface area contributed by atoms with E-state index in [4.69, 9.17) is 9.47 Å². The Morgan fingerprint density at radius 3 is 1.02 bits per heavy atom. The molecule has 0 radical (unpaired) electrons. The van der Waals surface area contributed by atoms with Gasteiger partial charge >= 0.3 is 11.9 Å². The van der Waals surface area contributed by atoms with E-state index in [-0.39, 0.29) is 33.4 Å². The number of imide groups is 2. The fourth-order valence-corrected chi connectivity index (χ4v) is 5.39. The van der Waals surface area contributed by atoms with E-state index in [2.05, 4.69) is 0 Å². The highest BCUT2D eigenvalue weighted by atomic mass is 16.5. The van der Waals surface area contributed by atoms with Gasteiger partial charge in [0.2, 0.25) is 0 Å². The molecule has 2 N–H and O–H groups in total. The molecule has 0 spiro atoms. The zero-order chi connectivity index (χ0) is 33.7. The summed E-state index contributed by atoms with van der Waals surface area (Å²) in [7, 11) is 0. The molecule has 12 nitrogen and oxygen atoms in total. The molecule has 0 atom stereocenters. The summed E-state index contributed by atoms with van der Waals surface area (Å²) >= 11 is 0. The van der Waals surface area contributed by atoms with Crippen LogP contribution in [0.25, 0.3) is 0 Å². The number of carbonyl (C=O) groups excluding carboxylic acids is 4. The highest BCUT2D eigenvalue weighted by molar-refractivity contribution is 6.35. The Morgan fingerprint density at radius 2 is 0.708 bits per heavy atom. The summed E-state index contributed by atoms with van der Waals surface area (Å²) in [6.07, 6.45) is 0. The molecule has 7 rings (SSSR count). The van der Waals surface area contributed by atoms with Crippen LogP contribution in [0.15, 0.2) is 109 Å². The van der Waals surface area contributed by atoms with E-state index in [9.17, 15) is 39.0 Å². The Kier molecular flexibility index (Phi) is 7.02. The largest absolute Gasteiger partial charge is 0.478 e. The lowest BCUT2D eigenvalue weighted by molar-refractivity contribution is 0.0686. The average molecular weight is 641 g/mol. The van der Waals surface area contributed by atoms with Crippen LogP contribution in [0.4, 0.5) is 11.4 Å². The first-order valence-electron chi connectivity index (χ1n) is 14.3. The molecule has 0 unspecified atom stereocenters. The number of benzene rings is 5. The molecule has 0 saturated carbocycles. The Labute approximate surface area is 270 Å². The minimum absolute atomic E-state index is 0.0267. The summed E-state index contributed by atoms with van der Waals surface area (Å²) in [6.45, 7) is 0. The molecule has 2 aliphatic rings. The molecule has 0 aliphatic carbocycles. The van der Waals surface area contributed by atoms with Crippen LogP contribution in [0.3, 0.4) is 0 Å². The minimum Gasteiger partial charge on any atom is -0.478 e. The third-order valence-electron chi connectivity index (χ3n) is 7.75. The Hall–Kier alpha value is -7.08. The van der Waals surface area contributed by atoms with Crippen molar-refractivity contribution in [3.63, 3.8) is 0 Å². The van der Waals surface area contributed by atoms with E-state index in [0.717, 1.165) is 9.80 Å². The van der Waals surface area contributed by atoms with Crippen molar-refractivity contribution in [2.24, 2.45) is 0 Å². The van der Waals surface area contributed by atoms with Gasteiger partial charge in [-0.3, -0.25) is 19.2 Å². The molecule has 5 aromatic carbocycles. The van der Waals surface area contributed by atoms with Crippen molar-refractivity contribution >= 4 is 46.9 Å². The SMILES string of the molecule is O=C(O)c1ccc2c(c1)C(=O)N(c1ccc(Oc3ccc(Oc4ccc(N5C(=O)c6ccc(C(=O)O)cc6C5=O)cc4)cc3)cc1)C2=O. The number of rotatable bonds is 8. The van der Waals surface area contributed by atoms with E-state index in [1.807, 2.05) is 0 Å². The zero-order valence-corrected chi connectivity index (χ0v) is 24.4. The van der Waals surface area contributed by atoms with Crippen LogP contribution in [-0.4, -0.2) is 45.8 Å². The summed E-state index contributed by atoms with van der Waals surface area (Å²) in [5.41, 5.74) is 0.737. The predicted molar refractivity (Wildman–Crippen MR) is 169 cm³/mol. The molecule has 234 valence electrons. The maximum absolute atomic E-state index is 12.9. The normalized spacial score (nSPS) is 13.4. The van der Waals surface area contributed by atoms with Gasteiger partial charge in [0.25, 0.3) is 23.6 Å². The number of carbonyl (C=O) groups is 6. The van der Waals surface area contributed by atoms with Gasteiger partial charge in [-0.2, -0.15) is 0 Å². The number of ether oxygens (including phenoxy) is 2. The van der Waals surface area contributed by atoms with Crippen molar-refractivity contribution in [2.75, 3.05) is 9.80 Å². The summed E-state index contributed by atoms with van der Waals surface area (Å²) in [5, 5.41) is 18.4. The molecule has 0 bridgehead atoms. The van der Waals surface area contributed by atoms with E-state index in [1.54, 1.807) is 72.8 Å². The lowest BCUT2D eigenvalue weighted by Crippen LogP contribution is -2.29. The van der Waals surface area contributed by atoms with Gasteiger partial charge in [0.1, 0.15) is 23.0 Å². The van der Waals surface area contributed by atoms with Crippen LogP contribution >= 0.6 is 0 Å². The molecular weight excluding hydrogens is 620 g/mol. The van der Waals surface area contributed by atoms with Crippen LogP contribution in [0, 0.1) is 0 Å². The summed E-state index contributed by atoms with van der Waals surface area (Å²) in [4.78, 5) is 76.1. The quantitative estimate of drug-likeness (QED) is 0.185. The third-order valence-corrected chi connectivity index (χ3v) is 7.75. The Balaban J connectivity index is 0.985. The van der Waals surface area contributed by atoms with Gasteiger partial charge in [-0.1, -0.05) is 0 Å². The average Bonchev–Trinajstić information content (AvgIpc) is 3.49. The molecule has 0 saturated heterocycles. The summed E-state index contributed by atoms with van der Waals surface area (Å²) in [6, 6.07) is 26.8. The van der Waals surface area contributed by atoms with E-state index in [1.165, 1.54) is 36.4 Å². The Bertz CT molecular complexity index is 2050. The molecule has 5 aromatic rings. The number of nitrogens with zero attached hydrogens (tertiary/aromatic N) is 2. The molecule has 2 aliphatic heterocycles. The van der Waals surface area contributed by atoms with Gasteiger partial charge in [0.15, 0.2) is 0 Å². The van der Waals surface area contributed by atoms with Gasteiger partial charge < -0.3 is 19.7 Å². The first kappa shape index (κ1) is 29.6. The van der Waals surface area contributed by atoms with E-state index < -0.39 is 35.6 Å². The number of hydrogen-bond acceptors (Lipinski definition) is 8. The zero-order valence-electron chi connectivity index (χ0n) is 24.4. The minimum atomic E-state index is -1.20. The summed E-state index contributed by atoms with van der Waals surface area (Å²) in [5.74, 6) is -2.91. The van der Waals surface area contributed by atoms with Gasteiger partial charge in [0, 0.05) is 0 Å². The van der Waals surface area contributed by atoms with Crippen LogP contribution < -0.4 is 19.3 Å². The molecule has 4 amide bonds. The number of carboxylic acid groups (broad SMARTS) is 2. The number of aromatic carboxylic acids is 2. The van der Waals surface area contributed by atoms with Crippen molar-refractivity contribution < 1.29 is 48.5 Å². The second-order valence-corrected chi connectivity index (χ2v) is 10.7. The van der Waals surface area contributed by atoms with Crippen molar-refractivity contribution in [1.82, 2.24) is 0 Å². The fourth-order valence-electron chi connectivity index (χ4n) is 5.39. The second kappa shape index (κ2) is 11.4. The van der Waals surface area contributed by atoms with Crippen LogP contribution in [0.2, 0.25) is 0 Å². The number of hydrogen-bond donors (Lipinski definition) is 2. The monoisotopic (exact) mass is 640 g/mol. The topological polar surface area (TPSA) is 168 Å². The lowest BCUT2D eigenvalue weighted by Gasteiger charge is -2.15. The first-order valence-corrected chi connectivity index (χ1v) is 14.3. The standard InChI is InChI=1S/C36H20N2O10/c39-31-27-15-1-19(35(43)44)17-29(27)33(41)37(31)21-3-7-23(8-4-21)47-25-11-13-26(14-12-25)48-24-9-5-22(6-10-24)38-32(40)28-16-2-20(36(45)46)18-30(28)34(38)42/h1-18H,(H,43,44)(H,45,46). The van der Waals surface area contributed by atoms with Crippen molar-refractivity contribution in [3.05, 3.63) is 143 Å². The van der Waals surface area contributed by atoms with Gasteiger partial charge in [-0.25, -0.2) is 19.4 Å². The molecule has 48 heavy (non-hydrogen) atoms. The third kappa shape index (κ3) is 5.08. The highest BCUT2D eigenvalue weighted by Gasteiger charge is 2.38. The summed E-state index contributed by atoms with van der Waals surface area (Å²) < 4.78 is 11.8. The Morgan fingerprint density at radius 1 is 0.417 bits per heavy atom. The molecule has 0 fully saturated rings. The maximum Gasteiger partial charge on any atom is 0.335 e. The van der Waals surface area contributed by atoms with Crippen molar-refractivity contribution in [1.29, 1.82) is 0 Å². The second-order valence-electron chi connectivity index (χ2n) is 10.7. The van der Waals surface area contributed by atoms with E-state index >= 15 is 0 Å². The van der Waals surface area contributed by atoms with Crippen LogP contribution in [0.1, 0.15) is 62.1 Å².